The molecule has 0 saturated heterocycles. The van der Waals surface area contributed by atoms with Crippen molar-refractivity contribution in [3.05, 3.63) is 46.3 Å². The third-order valence-corrected chi connectivity index (χ3v) is 7.52. The molecule has 2 aromatic rings. The lowest BCUT2D eigenvalue weighted by atomic mass is 10.1. The summed E-state index contributed by atoms with van der Waals surface area (Å²) in [4.78, 5) is 36.9. The van der Waals surface area contributed by atoms with Crippen LogP contribution < -0.4 is 5.32 Å². The van der Waals surface area contributed by atoms with Gasteiger partial charge in [0.15, 0.2) is 6.61 Å². The van der Waals surface area contributed by atoms with Gasteiger partial charge in [0.2, 0.25) is 10.0 Å². The molecule has 1 aliphatic carbocycles. The number of esters is 2. The summed E-state index contributed by atoms with van der Waals surface area (Å²) in [7, 11) is -0.800. The zero-order chi connectivity index (χ0) is 23.5. The molecule has 3 rings (SSSR count). The van der Waals surface area contributed by atoms with E-state index in [2.05, 4.69) is 5.32 Å². The molecule has 1 N–H and O–H groups in total. The largest absolute Gasteiger partial charge is 0.462 e. The Labute approximate surface area is 190 Å². The van der Waals surface area contributed by atoms with Crippen molar-refractivity contribution in [1.82, 2.24) is 4.31 Å². The zero-order valence-electron chi connectivity index (χ0n) is 17.9. The maximum atomic E-state index is 12.4. The highest BCUT2D eigenvalue weighted by atomic mass is 32.2. The number of nitrogens with zero attached hydrogens (tertiary/aromatic N) is 1. The van der Waals surface area contributed by atoms with Crippen LogP contribution in [0.25, 0.3) is 0 Å². The van der Waals surface area contributed by atoms with Gasteiger partial charge in [0.05, 0.1) is 22.6 Å². The van der Waals surface area contributed by atoms with Crippen molar-refractivity contribution < 1.29 is 32.3 Å². The maximum absolute atomic E-state index is 12.4. The predicted molar refractivity (Wildman–Crippen MR) is 118 cm³/mol. The molecular formula is C21H24N2O7S2. The Morgan fingerprint density at radius 3 is 2.31 bits per heavy atom. The van der Waals surface area contributed by atoms with Crippen molar-refractivity contribution in [2.45, 2.75) is 30.6 Å². The number of sulfonamides is 1. The van der Waals surface area contributed by atoms with Crippen LogP contribution in [0.5, 0.6) is 0 Å². The number of anilines is 1. The first-order chi connectivity index (χ1) is 15.1. The van der Waals surface area contributed by atoms with E-state index in [1.807, 2.05) is 5.38 Å². The van der Waals surface area contributed by atoms with Crippen LogP contribution in [0, 0.1) is 0 Å². The predicted octanol–water partition coefficient (Wildman–Crippen LogP) is 2.85. The third kappa shape index (κ3) is 5.34. The molecule has 0 unspecified atom stereocenters. The van der Waals surface area contributed by atoms with Gasteiger partial charge in [0.1, 0.15) is 5.00 Å². The lowest BCUT2D eigenvalue weighted by Crippen LogP contribution is -2.23. The molecule has 0 atom stereocenters. The highest BCUT2D eigenvalue weighted by Crippen LogP contribution is 2.46. The first kappa shape index (κ1) is 23.9. The molecule has 9 nitrogen and oxygen atoms in total. The van der Waals surface area contributed by atoms with Gasteiger partial charge in [-0.25, -0.2) is 22.3 Å². The van der Waals surface area contributed by atoms with Crippen LogP contribution in [0.15, 0.2) is 34.5 Å². The SMILES string of the molecule is CCOC(=O)c1c(C2CC2)csc1NC(=O)COC(=O)c1ccc(S(=O)(=O)N(C)C)cc1. The van der Waals surface area contributed by atoms with Crippen LogP contribution in [0.2, 0.25) is 0 Å². The molecule has 1 aromatic heterocycles. The molecule has 0 bridgehead atoms. The third-order valence-electron chi connectivity index (χ3n) is 4.77. The summed E-state index contributed by atoms with van der Waals surface area (Å²) in [5, 5.41) is 4.83. The summed E-state index contributed by atoms with van der Waals surface area (Å²) in [6.07, 6.45) is 1.98. The number of rotatable bonds is 9. The van der Waals surface area contributed by atoms with Crippen LogP contribution in [-0.2, 0) is 24.3 Å². The van der Waals surface area contributed by atoms with Gasteiger partial charge in [0, 0.05) is 14.1 Å². The van der Waals surface area contributed by atoms with Crippen molar-refractivity contribution in [2.75, 3.05) is 32.6 Å². The number of hydrogen-bond acceptors (Lipinski definition) is 8. The van der Waals surface area contributed by atoms with E-state index in [-0.39, 0.29) is 17.1 Å². The average Bonchev–Trinajstić information content (AvgIpc) is 3.52. The minimum Gasteiger partial charge on any atom is -0.462 e. The number of benzene rings is 1. The minimum atomic E-state index is -3.61. The molecule has 172 valence electrons. The van der Waals surface area contributed by atoms with Crippen LogP contribution in [0.4, 0.5) is 5.00 Å². The topological polar surface area (TPSA) is 119 Å². The number of ether oxygens (including phenoxy) is 2. The summed E-state index contributed by atoms with van der Waals surface area (Å²) >= 11 is 1.23. The normalized spacial score (nSPS) is 13.6. The van der Waals surface area contributed by atoms with E-state index in [0.717, 1.165) is 22.7 Å². The number of hydrogen-bond donors (Lipinski definition) is 1. The van der Waals surface area contributed by atoms with Crippen molar-refractivity contribution in [2.24, 2.45) is 0 Å². The van der Waals surface area contributed by atoms with E-state index in [1.54, 1.807) is 6.92 Å². The Kier molecular flexibility index (Phi) is 7.32. The molecule has 1 amide bonds. The van der Waals surface area contributed by atoms with Gasteiger partial charge in [-0.05, 0) is 60.9 Å². The fourth-order valence-electron chi connectivity index (χ4n) is 2.92. The Balaban J connectivity index is 1.62. The average molecular weight is 481 g/mol. The number of carbonyl (C=O) groups excluding carboxylic acids is 3. The van der Waals surface area contributed by atoms with E-state index in [4.69, 9.17) is 9.47 Å². The summed E-state index contributed by atoms with van der Waals surface area (Å²) < 4.78 is 35.4. The second kappa shape index (κ2) is 9.80. The van der Waals surface area contributed by atoms with Crippen molar-refractivity contribution in [3.63, 3.8) is 0 Å². The van der Waals surface area contributed by atoms with Gasteiger partial charge in [0.25, 0.3) is 5.91 Å². The second-order valence-corrected chi connectivity index (χ2v) is 10.4. The molecule has 1 fully saturated rings. The first-order valence-corrected chi connectivity index (χ1v) is 12.2. The minimum absolute atomic E-state index is 0.0347. The molecule has 1 aromatic carbocycles. The zero-order valence-corrected chi connectivity index (χ0v) is 19.5. The molecule has 0 spiro atoms. The summed E-state index contributed by atoms with van der Waals surface area (Å²) in [6, 6.07) is 5.22. The Morgan fingerprint density at radius 2 is 1.75 bits per heavy atom. The van der Waals surface area contributed by atoms with Crippen LogP contribution in [0.1, 0.15) is 52.0 Å². The van der Waals surface area contributed by atoms with E-state index < -0.39 is 34.5 Å². The molecule has 1 heterocycles. The smallest absolute Gasteiger partial charge is 0.341 e. The van der Waals surface area contributed by atoms with Crippen molar-refractivity contribution in [3.8, 4) is 0 Å². The summed E-state index contributed by atoms with van der Waals surface area (Å²) in [5.74, 6) is -1.56. The monoisotopic (exact) mass is 480 g/mol. The van der Waals surface area contributed by atoms with E-state index in [0.29, 0.717) is 16.5 Å². The van der Waals surface area contributed by atoms with Crippen LogP contribution >= 0.6 is 11.3 Å². The Bertz CT molecular complexity index is 1120. The van der Waals surface area contributed by atoms with Crippen molar-refractivity contribution >= 4 is 44.2 Å². The van der Waals surface area contributed by atoms with E-state index >= 15 is 0 Å². The lowest BCUT2D eigenvalue weighted by molar-refractivity contribution is -0.119. The Morgan fingerprint density at radius 1 is 1.09 bits per heavy atom. The lowest BCUT2D eigenvalue weighted by Gasteiger charge is -2.11. The second-order valence-electron chi connectivity index (χ2n) is 7.33. The maximum Gasteiger partial charge on any atom is 0.341 e. The Hall–Kier alpha value is -2.76. The molecule has 1 aliphatic rings. The summed E-state index contributed by atoms with van der Waals surface area (Å²) in [5.41, 5.74) is 1.33. The highest BCUT2D eigenvalue weighted by Gasteiger charge is 2.32. The van der Waals surface area contributed by atoms with Gasteiger partial charge >= 0.3 is 11.9 Å². The van der Waals surface area contributed by atoms with Gasteiger partial charge in [-0.3, -0.25) is 4.79 Å². The first-order valence-electron chi connectivity index (χ1n) is 9.93. The number of carbonyl (C=O) groups is 3. The molecule has 11 heteroatoms. The van der Waals surface area contributed by atoms with Gasteiger partial charge in [-0.1, -0.05) is 0 Å². The van der Waals surface area contributed by atoms with Crippen LogP contribution in [0.3, 0.4) is 0 Å². The van der Waals surface area contributed by atoms with Gasteiger partial charge in [-0.15, -0.1) is 11.3 Å². The van der Waals surface area contributed by atoms with E-state index in [1.165, 1.54) is 49.7 Å². The summed E-state index contributed by atoms with van der Waals surface area (Å²) in [6.45, 7) is 1.37. The fourth-order valence-corrected chi connectivity index (χ4v) is 4.87. The van der Waals surface area contributed by atoms with Gasteiger partial charge in [-0.2, -0.15) is 0 Å². The van der Waals surface area contributed by atoms with Crippen LogP contribution in [-0.4, -0.2) is 57.9 Å². The van der Waals surface area contributed by atoms with Crippen molar-refractivity contribution in [1.29, 1.82) is 0 Å². The molecule has 1 saturated carbocycles. The van der Waals surface area contributed by atoms with E-state index in [9.17, 15) is 22.8 Å². The number of nitrogens with one attached hydrogen (secondary N) is 1. The highest BCUT2D eigenvalue weighted by molar-refractivity contribution is 7.89. The van der Waals surface area contributed by atoms with Gasteiger partial charge < -0.3 is 14.8 Å². The molecule has 0 aliphatic heterocycles. The molecule has 0 radical (unpaired) electrons. The molecular weight excluding hydrogens is 456 g/mol. The fraction of sp³-hybridized carbons (Fsp3) is 0.381. The molecule has 32 heavy (non-hydrogen) atoms. The number of thiophene rings is 1. The quantitative estimate of drug-likeness (QED) is 0.548. The number of amides is 1. The standard InChI is InChI=1S/C21H24N2O7S2/c1-4-29-21(26)18-16(13-5-6-13)12-31-19(18)22-17(24)11-30-20(25)14-7-9-15(10-8-14)32(27,28)23(2)3/h7-10,12-13H,4-6,11H2,1-3H3,(H,22,24).